The smallest absolute Gasteiger partial charge is 0.247 e. The molecule has 0 saturated carbocycles. The number of aryl methyl sites for hydroxylation is 2. The summed E-state index contributed by atoms with van der Waals surface area (Å²) in [4.78, 5) is 3.71. The molecule has 0 bridgehead atoms. The van der Waals surface area contributed by atoms with Crippen LogP contribution in [0.2, 0.25) is 0 Å². The van der Waals surface area contributed by atoms with Gasteiger partial charge >= 0.3 is 0 Å². The second kappa shape index (κ2) is 29.8. The quantitative estimate of drug-likeness (QED) is 0.0604. The van der Waals surface area contributed by atoms with Gasteiger partial charge in [0.25, 0.3) is 5.82 Å². The summed E-state index contributed by atoms with van der Waals surface area (Å²) in [6.45, 7) is 5.75. The van der Waals surface area contributed by atoms with E-state index in [4.69, 9.17) is 0 Å². The highest BCUT2D eigenvalue weighted by molar-refractivity contribution is 5.14. The van der Waals surface area contributed by atoms with Crippen molar-refractivity contribution in [2.24, 2.45) is 0 Å². The summed E-state index contributed by atoms with van der Waals surface area (Å²) < 4.78 is 2.55. The highest BCUT2D eigenvalue weighted by Crippen LogP contribution is 2.26. The molecular formula is C43H77N2+. The van der Waals surface area contributed by atoms with Gasteiger partial charge < -0.3 is 0 Å². The molecule has 2 nitrogen and oxygen atoms in total. The number of benzene rings is 1. The lowest BCUT2D eigenvalue weighted by Crippen LogP contribution is -2.37. The number of nitrogens with one attached hydrogen (secondary N) is 1. The Morgan fingerprint density at radius 1 is 0.489 bits per heavy atom. The summed E-state index contributed by atoms with van der Waals surface area (Å²) in [6.07, 6.45) is 47.0. The SMILES string of the molecule is CCCCCCCCCCCCCCCCC[C@H](CCCCCCCCCCCCC)c1[nH]cc[n+]1CCCc1ccccc1. The molecule has 45 heavy (non-hydrogen) atoms. The summed E-state index contributed by atoms with van der Waals surface area (Å²) in [5, 5.41) is 0. The van der Waals surface area contributed by atoms with E-state index in [1.807, 2.05) is 0 Å². The molecule has 0 unspecified atom stereocenters. The molecule has 2 rings (SSSR count). The predicted molar refractivity (Wildman–Crippen MR) is 199 cm³/mol. The number of H-pyrrole nitrogens is 1. The fraction of sp³-hybridized carbons (Fsp3) is 0.791. The number of imidazole rings is 1. The van der Waals surface area contributed by atoms with Gasteiger partial charge in [-0.15, -0.1) is 0 Å². The molecule has 0 saturated heterocycles. The molecule has 0 aliphatic rings. The van der Waals surface area contributed by atoms with Crippen molar-refractivity contribution in [1.29, 1.82) is 0 Å². The number of unbranched alkanes of at least 4 members (excludes halogenated alkanes) is 24. The van der Waals surface area contributed by atoms with Gasteiger partial charge in [0, 0.05) is 0 Å². The van der Waals surface area contributed by atoms with Gasteiger partial charge in [-0.05, 0) is 31.2 Å². The van der Waals surface area contributed by atoms with E-state index < -0.39 is 0 Å². The van der Waals surface area contributed by atoms with Crippen LogP contribution < -0.4 is 4.57 Å². The van der Waals surface area contributed by atoms with Gasteiger partial charge in [0.15, 0.2) is 0 Å². The fourth-order valence-corrected chi connectivity index (χ4v) is 7.26. The topological polar surface area (TPSA) is 19.7 Å². The number of nitrogens with zero attached hydrogens (tertiary/aromatic N) is 1. The first-order valence-corrected chi connectivity index (χ1v) is 20.5. The van der Waals surface area contributed by atoms with Crippen molar-refractivity contribution < 1.29 is 4.57 Å². The second-order valence-corrected chi connectivity index (χ2v) is 14.4. The second-order valence-electron chi connectivity index (χ2n) is 14.4. The molecule has 1 heterocycles. The van der Waals surface area contributed by atoms with Crippen molar-refractivity contribution >= 4 is 0 Å². The van der Waals surface area contributed by atoms with Crippen LogP contribution in [0.3, 0.4) is 0 Å². The summed E-state index contributed by atoms with van der Waals surface area (Å²) in [5.41, 5.74) is 1.46. The standard InChI is InChI=1S/C43H76N2/c1-3-5-7-9-11-13-15-16-17-18-20-22-24-26-31-37-42(36-30-25-23-21-19-14-12-10-8-6-4-2)43-44-38-40-45(43)39-32-35-41-33-28-27-29-34-41/h27-29,33-34,38,40,42H,3-26,30-32,35-37,39H2,1-2H3/p+1/t42-/m0/s1. The highest BCUT2D eigenvalue weighted by atomic mass is 15.1. The average molecular weight is 622 g/mol. The van der Waals surface area contributed by atoms with Crippen LogP contribution in [0.25, 0.3) is 0 Å². The van der Waals surface area contributed by atoms with Crippen LogP contribution in [0.5, 0.6) is 0 Å². The molecule has 1 N–H and O–H groups in total. The van der Waals surface area contributed by atoms with E-state index >= 15 is 0 Å². The van der Waals surface area contributed by atoms with Crippen molar-refractivity contribution in [3.63, 3.8) is 0 Å². The van der Waals surface area contributed by atoms with E-state index in [0.717, 1.165) is 6.54 Å². The Morgan fingerprint density at radius 2 is 0.889 bits per heavy atom. The Kier molecular flexibility index (Phi) is 26.2. The molecule has 2 heteroatoms. The Balaban J connectivity index is 1.64. The van der Waals surface area contributed by atoms with Crippen LogP contribution in [0.4, 0.5) is 0 Å². The summed E-state index contributed by atoms with van der Waals surface area (Å²) in [5.74, 6) is 2.19. The molecule has 0 fully saturated rings. The van der Waals surface area contributed by atoms with Gasteiger partial charge in [-0.25, -0.2) is 9.55 Å². The Morgan fingerprint density at radius 3 is 1.31 bits per heavy atom. The van der Waals surface area contributed by atoms with E-state index in [-0.39, 0.29) is 0 Å². The normalized spacial score (nSPS) is 12.2. The lowest BCUT2D eigenvalue weighted by molar-refractivity contribution is -0.704. The van der Waals surface area contributed by atoms with Crippen LogP contribution in [0, 0.1) is 0 Å². The van der Waals surface area contributed by atoms with Crippen LogP contribution in [-0.2, 0) is 13.0 Å². The molecule has 0 aliphatic heterocycles. The molecule has 0 amide bonds. The van der Waals surface area contributed by atoms with E-state index in [1.54, 1.807) is 0 Å². The monoisotopic (exact) mass is 622 g/mol. The molecule has 1 aromatic heterocycles. The van der Waals surface area contributed by atoms with E-state index in [0.29, 0.717) is 5.92 Å². The van der Waals surface area contributed by atoms with Gasteiger partial charge in [0.05, 0.1) is 12.5 Å². The van der Waals surface area contributed by atoms with Gasteiger partial charge in [-0.2, -0.15) is 0 Å². The van der Waals surface area contributed by atoms with Crippen LogP contribution in [0.15, 0.2) is 42.7 Å². The third kappa shape index (κ3) is 21.8. The minimum atomic E-state index is 0.692. The molecule has 0 aliphatic carbocycles. The number of rotatable bonds is 33. The molecular weight excluding hydrogens is 544 g/mol. The van der Waals surface area contributed by atoms with Gasteiger partial charge in [0.1, 0.15) is 12.4 Å². The molecule has 0 radical (unpaired) electrons. The maximum Gasteiger partial charge on any atom is 0.257 e. The number of hydrogen-bond acceptors (Lipinski definition) is 0. The zero-order chi connectivity index (χ0) is 31.9. The Labute approximate surface area is 282 Å². The highest BCUT2D eigenvalue weighted by Gasteiger charge is 2.22. The lowest BCUT2D eigenvalue weighted by atomic mass is 9.93. The zero-order valence-corrected chi connectivity index (χ0v) is 30.5. The molecule has 2 aromatic rings. The van der Waals surface area contributed by atoms with Crippen LogP contribution in [-0.4, -0.2) is 4.98 Å². The first-order valence-electron chi connectivity index (χ1n) is 20.5. The molecule has 258 valence electrons. The van der Waals surface area contributed by atoms with Gasteiger partial charge in [-0.1, -0.05) is 211 Å². The molecule has 1 atom stereocenters. The summed E-state index contributed by atoms with van der Waals surface area (Å²) in [6, 6.07) is 11.0. The maximum atomic E-state index is 3.71. The Hall–Kier alpha value is -1.57. The van der Waals surface area contributed by atoms with Crippen molar-refractivity contribution in [2.45, 2.75) is 219 Å². The van der Waals surface area contributed by atoms with E-state index in [2.05, 4.69) is 66.1 Å². The van der Waals surface area contributed by atoms with Crippen molar-refractivity contribution in [3.05, 3.63) is 54.1 Å². The maximum absolute atomic E-state index is 3.71. The van der Waals surface area contributed by atoms with E-state index in [9.17, 15) is 0 Å². The lowest BCUT2D eigenvalue weighted by Gasteiger charge is -2.14. The van der Waals surface area contributed by atoms with E-state index in [1.165, 1.54) is 204 Å². The van der Waals surface area contributed by atoms with Crippen molar-refractivity contribution in [1.82, 2.24) is 4.98 Å². The fourth-order valence-electron chi connectivity index (χ4n) is 7.26. The largest absolute Gasteiger partial charge is 0.257 e. The summed E-state index contributed by atoms with van der Waals surface area (Å²) >= 11 is 0. The third-order valence-corrected chi connectivity index (χ3v) is 10.2. The molecule has 1 aromatic carbocycles. The average Bonchev–Trinajstić information content (AvgIpc) is 3.53. The van der Waals surface area contributed by atoms with Crippen LogP contribution in [0.1, 0.15) is 217 Å². The summed E-state index contributed by atoms with van der Waals surface area (Å²) in [7, 11) is 0. The zero-order valence-electron chi connectivity index (χ0n) is 30.5. The number of hydrogen-bond donors (Lipinski definition) is 1. The molecule has 0 spiro atoms. The first-order chi connectivity index (χ1) is 22.3. The van der Waals surface area contributed by atoms with Crippen molar-refractivity contribution in [2.75, 3.05) is 0 Å². The Bertz CT molecular complexity index is 856. The van der Waals surface area contributed by atoms with Gasteiger partial charge in [-0.3, -0.25) is 0 Å². The van der Waals surface area contributed by atoms with Crippen LogP contribution >= 0.6 is 0 Å². The number of aromatic amines is 1. The minimum Gasteiger partial charge on any atom is -0.247 e. The first kappa shape index (κ1) is 39.6. The van der Waals surface area contributed by atoms with Crippen molar-refractivity contribution in [3.8, 4) is 0 Å². The predicted octanol–water partition coefficient (Wildman–Crippen LogP) is 14.0. The van der Waals surface area contributed by atoms with Gasteiger partial charge in [0.2, 0.25) is 0 Å². The number of aromatic nitrogens is 2. The minimum absolute atomic E-state index is 0.692. The third-order valence-electron chi connectivity index (χ3n) is 10.2.